The number of carbonyl (C=O) groups is 1. The molecule has 1 unspecified atom stereocenters. The van der Waals surface area contributed by atoms with E-state index in [0.717, 1.165) is 25.7 Å². The number of anilines is 1. The second-order valence-electron chi connectivity index (χ2n) is 8.85. The van der Waals surface area contributed by atoms with Crippen LogP contribution in [-0.2, 0) is 19.6 Å². The lowest BCUT2D eigenvalue weighted by molar-refractivity contribution is -0.116. The fraction of sp³-hybridized carbons (Fsp3) is 0.720. The molecule has 0 aliphatic carbocycles. The third-order valence-corrected chi connectivity index (χ3v) is 7.42. The van der Waals surface area contributed by atoms with Crippen molar-refractivity contribution in [3.8, 4) is 0 Å². The van der Waals surface area contributed by atoms with Crippen molar-refractivity contribution in [1.82, 2.24) is 4.72 Å². The zero-order valence-electron chi connectivity index (χ0n) is 19.7. The van der Waals surface area contributed by atoms with Gasteiger partial charge in [0.05, 0.1) is 11.0 Å². The second kappa shape index (κ2) is 15.4. The molecule has 1 aromatic rings. The fourth-order valence-electron chi connectivity index (χ4n) is 3.98. The molecule has 1 saturated heterocycles. The van der Waals surface area contributed by atoms with Crippen LogP contribution in [0.5, 0.6) is 0 Å². The van der Waals surface area contributed by atoms with Crippen LogP contribution in [0.15, 0.2) is 29.2 Å². The predicted molar refractivity (Wildman–Crippen MR) is 130 cm³/mol. The molecule has 2 rings (SSSR count). The lowest BCUT2D eigenvalue weighted by Crippen LogP contribution is -2.31. The van der Waals surface area contributed by atoms with E-state index < -0.39 is 10.0 Å². The zero-order valence-corrected chi connectivity index (χ0v) is 20.6. The average Bonchev–Trinajstić information content (AvgIpc) is 3.30. The Morgan fingerprint density at radius 1 is 0.938 bits per heavy atom. The van der Waals surface area contributed by atoms with E-state index >= 15 is 0 Å². The zero-order chi connectivity index (χ0) is 23.1. The maximum atomic E-state index is 12.4. The molecule has 182 valence electrons. The highest BCUT2D eigenvalue weighted by molar-refractivity contribution is 7.89. The van der Waals surface area contributed by atoms with Crippen molar-refractivity contribution < 1.29 is 17.9 Å². The van der Waals surface area contributed by atoms with Crippen molar-refractivity contribution in [3.63, 3.8) is 0 Å². The quantitative estimate of drug-likeness (QED) is 0.285. The van der Waals surface area contributed by atoms with E-state index in [4.69, 9.17) is 4.74 Å². The van der Waals surface area contributed by atoms with Crippen LogP contribution in [0.4, 0.5) is 5.69 Å². The van der Waals surface area contributed by atoms with Gasteiger partial charge >= 0.3 is 0 Å². The van der Waals surface area contributed by atoms with Crippen molar-refractivity contribution in [2.24, 2.45) is 0 Å². The van der Waals surface area contributed by atoms with E-state index in [9.17, 15) is 13.2 Å². The minimum atomic E-state index is -3.57. The largest absolute Gasteiger partial charge is 0.377 e. The van der Waals surface area contributed by atoms with Crippen LogP contribution in [0, 0.1) is 0 Å². The fourth-order valence-corrected chi connectivity index (χ4v) is 5.05. The van der Waals surface area contributed by atoms with Crippen molar-refractivity contribution >= 4 is 21.6 Å². The van der Waals surface area contributed by atoms with E-state index in [2.05, 4.69) is 17.0 Å². The normalized spacial score (nSPS) is 16.3. The summed E-state index contributed by atoms with van der Waals surface area (Å²) in [5.74, 6) is -0.0203. The highest BCUT2D eigenvalue weighted by Gasteiger charge is 2.20. The van der Waals surface area contributed by atoms with E-state index in [1.54, 1.807) is 12.1 Å². The summed E-state index contributed by atoms with van der Waals surface area (Å²) >= 11 is 0. The summed E-state index contributed by atoms with van der Waals surface area (Å²) < 4.78 is 32.8. The van der Waals surface area contributed by atoms with Gasteiger partial charge in [0.2, 0.25) is 15.9 Å². The molecule has 1 aromatic carbocycles. The SMILES string of the molecule is CCCCCCCCCCCCCC(=O)Nc1ccc(S(=O)(=O)NCC2CCCO2)cc1. The molecule has 1 amide bonds. The van der Waals surface area contributed by atoms with Gasteiger partial charge in [-0.2, -0.15) is 0 Å². The Labute approximate surface area is 194 Å². The molecule has 7 heteroatoms. The Morgan fingerprint density at radius 2 is 1.53 bits per heavy atom. The third-order valence-electron chi connectivity index (χ3n) is 5.98. The van der Waals surface area contributed by atoms with Gasteiger partial charge in [-0.3, -0.25) is 4.79 Å². The molecule has 0 bridgehead atoms. The molecule has 1 aliphatic heterocycles. The van der Waals surface area contributed by atoms with Crippen LogP contribution >= 0.6 is 0 Å². The lowest BCUT2D eigenvalue weighted by Gasteiger charge is -2.12. The number of amides is 1. The van der Waals surface area contributed by atoms with Crippen molar-refractivity contribution in [2.75, 3.05) is 18.5 Å². The first-order valence-corrected chi connectivity index (χ1v) is 14.0. The van der Waals surface area contributed by atoms with E-state index in [0.29, 0.717) is 25.3 Å². The number of ether oxygens (including phenoxy) is 1. The maximum Gasteiger partial charge on any atom is 0.240 e. The van der Waals surface area contributed by atoms with E-state index in [1.807, 2.05) is 0 Å². The first-order valence-electron chi connectivity index (χ1n) is 12.5. The first-order chi connectivity index (χ1) is 15.5. The Bertz CT molecular complexity index is 744. The van der Waals surface area contributed by atoms with Gasteiger partial charge in [0, 0.05) is 25.3 Å². The topological polar surface area (TPSA) is 84.5 Å². The molecule has 0 aromatic heterocycles. The number of hydrogen-bond acceptors (Lipinski definition) is 4. The van der Waals surface area contributed by atoms with Gasteiger partial charge in [0.25, 0.3) is 0 Å². The molecule has 0 saturated carbocycles. The van der Waals surface area contributed by atoms with Crippen molar-refractivity contribution in [1.29, 1.82) is 0 Å². The van der Waals surface area contributed by atoms with Crippen LogP contribution < -0.4 is 10.0 Å². The highest BCUT2D eigenvalue weighted by Crippen LogP contribution is 2.17. The predicted octanol–water partition coefficient (Wildman–Crippen LogP) is 5.78. The van der Waals surface area contributed by atoms with Gasteiger partial charge in [0.15, 0.2) is 0 Å². The number of sulfonamides is 1. The molecule has 6 nitrogen and oxygen atoms in total. The summed E-state index contributed by atoms with van der Waals surface area (Å²) in [6, 6.07) is 6.32. The van der Waals surface area contributed by atoms with Gasteiger partial charge in [-0.1, -0.05) is 71.1 Å². The Hall–Kier alpha value is -1.44. The van der Waals surface area contributed by atoms with Gasteiger partial charge < -0.3 is 10.1 Å². The molecular formula is C25H42N2O4S. The lowest BCUT2D eigenvalue weighted by atomic mass is 10.1. The maximum absolute atomic E-state index is 12.4. The number of carbonyl (C=O) groups excluding carboxylic acids is 1. The van der Waals surface area contributed by atoms with Gasteiger partial charge in [-0.05, 0) is 43.5 Å². The Balaban J connectivity index is 1.56. The van der Waals surface area contributed by atoms with Crippen LogP contribution in [0.2, 0.25) is 0 Å². The van der Waals surface area contributed by atoms with Crippen LogP contribution in [-0.4, -0.2) is 33.6 Å². The summed E-state index contributed by atoms with van der Waals surface area (Å²) in [4.78, 5) is 12.3. The Kier molecular flexibility index (Phi) is 12.9. The second-order valence-corrected chi connectivity index (χ2v) is 10.6. The standard InChI is InChI=1S/C25H42N2O4S/c1-2-3-4-5-6-7-8-9-10-11-12-15-25(28)27-22-16-18-24(19-17-22)32(29,30)26-21-23-14-13-20-31-23/h16-19,23,26H,2-15,20-21H2,1H3,(H,27,28). The van der Waals surface area contributed by atoms with Gasteiger partial charge in [-0.15, -0.1) is 0 Å². The van der Waals surface area contributed by atoms with Crippen LogP contribution in [0.25, 0.3) is 0 Å². The molecule has 1 aliphatic rings. The molecule has 1 atom stereocenters. The average molecular weight is 467 g/mol. The number of rotatable bonds is 17. The summed E-state index contributed by atoms with van der Waals surface area (Å²) in [7, 11) is -3.57. The Morgan fingerprint density at radius 3 is 2.09 bits per heavy atom. The summed E-state index contributed by atoms with van der Waals surface area (Å²) in [5.41, 5.74) is 0.621. The monoisotopic (exact) mass is 466 g/mol. The molecule has 2 N–H and O–H groups in total. The van der Waals surface area contributed by atoms with E-state index in [1.165, 1.54) is 69.9 Å². The number of nitrogens with one attached hydrogen (secondary N) is 2. The van der Waals surface area contributed by atoms with Crippen molar-refractivity contribution in [3.05, 3.63) is 24.3 Å². The molecule has 0 spiro atoms. The van der Waals surface area contributed by atoms with Gasteiger partial charge in [-0.25, -0.2) is 13.1 Å². The number of benzene rings is 1. The third kappa shape index (κ3) is 10.9. The smallest absolute Gasteiger partial charge is 0.240 e. The first kappa shape index (κ1) is 26.8. The number of unbranched alkanes of at least 4 members (excludes halogenated alkanes) is 10. The molecular weight excluding hydrogens is 424 g/mol. The van der Waals surface area contributed by atoms with Crippen LogP contribution in [0.1, 0.15) is 96.8 Å². The summed E-state index contributed by atoms with van der Waals surface area (Å²) in [5, 5.41) is 2.86. The summed E-state index contributed by atoms with van der Waals surface area (Å²) in [6.45, 7) is 3.23. The molecule has 32 heavy (non-hydrogen) atoms. The van der Waals surface area contributed by atoms with Gasteiger partial charge in [0.1, 0.15) is 0 Å². The molecule has 0 radical (unpaired) electrons. The molecule has 1 fully saturated rings. The van der Waals surface area contributed by atoms with Crippen molar-refractivity contribution in [2.45, 2.75) is 108 Å². The minimum Gasteiger partial charge on any atom is -0.377 e. The molecule has 1 heterocycles. The number of hydrogen-bond donors (Lipinski definition) is 2. The summed E-state index contributed by atoms with van der Waals surface area (Å²) in [6.07, 6.45) is 16.1. The minimum absolute atomic E-state index is 0.0203. The van der Waals surface area contributed by atoms with Crippen LogP contribution in [0.3, 0.4) is 0 Å². The van der Waals surface area contributed by atoms with E-state index in [-0.39, 0.29) is 16.9 Å². The highest BCUT2D eigenvalue weighted by atomic mass is 32.2.